The van der Waals surface area contributed by atoms with E-state index < -0.39 is 0 Å². The van der Waals surface area contributed by atoms with Gasteiger partial charge in [0.25, 0.3) is 0 Å². The van der Waals surface area contributed by atoms with Gasteiger partial charge in [0, 0.05) is 50.0 Å². The van der Waals surface area contributed by atoms with Crippen LogP contribution in [0.4, 0.5) is 0 Å². The zero-order chi connectivity index (χ0) is 15.4. The molecule has 0 bridgehead atoms. The SMILES string of the molecule is N#Cc1cccc(CN2C[C@@H](CO)[C@H](c3ccccn3)C2)c1. The van der Waals surface area contributed by atoms with Gasteiger partial charge in [-0.2, -0.15) is 5.26 Å². The van der Waals surface area contributed by atoms with Gasteiger partial charge in [0.2, 0.25) is 0 Å². The number of nitrogens with zero attached hydrogens (tertiary/aromatic N) is 3. The number of aliphatic hydroxyl groups is 1. The third kappa shape index (κ3) is 3.16. The summed E-state index contributed by atoms with van der Waals surface area (Å²) in [6.07, 6.45) is 1.81. The molecule has 0 radical (unpaired) electrons. The van der Waals surface area contributed by atoms with Crippen molar-refractivity contribution in [1.82, 2.24) is 9.88 Å². The maximum atomic E-state index is 9.67. The number of nitriles is 1. The fraction of sp³-hybridized carbons (Fsp3) is 0.333. The molecular weight excluding hydrogens is 274 g/mol. The molecular formula is C18H19N3O. The van der Waals surface area contributed by atoms with Crippen molar-refractivity contribution in [3.05, 3.63) is 65.5 Å². The lowest BCUT2D eigenvalue weighted by Crippen LogP contribution is -2.21. The maximum Gasteiger partial charge on any atom is 0.0991 e. The lowest BCUT2D eigenvalue weighted by Gasteiger charge is -2.16. The number of hydrogen-bond donors (Lipinski definition) is 1. The molecule has 2 atom stereocenters. The Hall–Kier alpha value is -2.22. The molecule has 2 aromatic rings. The quantitative estimate of drug-likeness (QED) is 0.938. The predicted octanol–water partition coefficient (Wildman–Crippen LogP) is 2.16. The van der Waals surface area contributed by atoms with E-state index in [0.29, 0.717) is 5.56 Å². The molecule has 1 aromatic carbocycles. The zero-order valence-electron chi connectivity index (χ0n) is 12.4. The van der Waals surface area contributed by atoms with Crippen LogP contribution in [0.15, 0.2) is 48.7 Å². The van der Waals surface area contributed by atoms with Crippen molar-refractivity contribution in [2.24, 2.45) is 5.92 Å². The Morgan fingerprint density at radius 2 is 2.14 bits per heavy atom. The highest BCUT2D eigenvalue weighted by molar-refractivity contribution is 5.32. The molecule has 0 unspecified atom stereocenters. The smallest absolute Gasteiger partial charge is 0.0991 e. The van der Waals surface area contributed by atoms with Gasteiger partial charge in [0.15, 0.2) is 0 Å². The summed E-state index contributed by atoms with van der Waals surface area (Å²) in [6.45, 7) is 2.72. The molecule has 0 spiro atoms. The zero-order valence-corrected chi connectivity index (χ0v) is 12.4. The Bertz CT molecular complexity index is 666. The molecule has 1 aliphatic heterocycles. The monoisotopic (exact) mass is 293 g/mol. The summed E-state index contributed by atoms with van der Waals surface area (Å²) in [5, 5.41) is 18.7. The second-order valence-electron chi connectivity index (χ2n) is 5.81. The first-order chi connectivity index (χ1) is 10.8. The molecule has 4 nitrogen and oxygen atoms in total. The number of aromatic nitrogens is 1. The Kier molecular flexibility index (Phi) is 4.47. The summed E-state index contributed by atoms with van der Waals surface area (Å²) in [5.74, 6) is 0.486. The van der Waals surface area contributed by atoms with Crippen LogP contribution in [-0.4, -0.2) is 34.7 Å². The number of pyridine rings is 1. The Morgan fingerprint density at radius 3 is 2.86 bits per heavy atom. The highest BCUT2D eigenvalue weighted by Crippen LogP contribution is 2.32. The van der Waals surface area contributed by atoms with Gasteiger partial charge < -0.3 is 5.11 Å². The average molecular weight is 293 g/mol. The van der Waals surface area contributed by atoms with E-state index in [9.17, 15) is 5.11 Å². The van der Waals surface area contributed by atoms with Gasteiger partial charge in [-0.05, 0) is 29.8 Å². The minimum Gasteiger partial charge on any atom is -0.396 e. The van der Waals surface area contributed by atoms with E-state index in [0.717, 1.165) is 30.9 Å². The van der Waals surface area contributed by atoms with Gasteiger partial charge in [0.05, 0.1) is 11.6 Å². The van der Waals surface area contributed by atoms with Gasteiger partial charge in [0.1, 0.15) is 0 Å². The first-order valence-corrected chi connectivity index (χ1v) is 7.53. The summed E-state index contributed by atoms with van der Waals surface area (Å²) in [5.41, 5.74) is 2.88. The first kappa shape index (κ1) is 14.7. The fourth-order valence-electron chi connectivity index (χ4n) is 3.20. The van der Waals surface area contributed by atoms with Crippen LogP contribution in [0.25, 0.3) is 0 Å². The van der Waals surface area contributed by atoms with Gasteiger partial charge in [-0.3, -0.25) is 9.88 Å². The standard InChI is InChI=1S/C18H19N3O/c19-9-14-4-3-5-15(8-14)10-21-11-16(13-22)17(12-21)18-6-1-2-7-20-18/h1-8,16-17,22H,10-13H2/t16-,17+/m0/s1. The number of aliphatic hydroxyl groups excluding tert-OH is 1. The van der Waals surface area contributed by atoms with Crippen LogP contribution < -0.4 is 0 Å². The Labute approximate surface area is 130 Å². The molecule has 0 saturated carbocycles. The summed E-state index contributed by atoms with van der Waals surface area (Å²) in [4.78, 5) is 6.78. The minimum absolute atomic E-state index is 0.177. The van der Waals surface area contributed by atoms with Gasteiger partial charge in [-0.15, -0.1) is 0 Å². The number of likely N-dealkylation sites (tertiary alicyclic amines) is 1. The van der Waals surface area contributed by atoms with Gasteiger partial charge in [-0.25, -0.2) is 0 Å². The van der Waals surface area contributed by atoms with Crippen molar-refractivity contribution in [1.29, 1.82) is 5.26 Å². The molecule has 1 saturated heterocycles. The topological polar surface area (TPSA) is 60.2 Å². The molecule has 1 aromatic heterocycles. The summed E-state index contributed by atoms with van der Waals surface area (Å²) < 4.78 is 0. The summed E-state index contributed by atoms with van der Waals surface area (Å²) in [7, 11) is 0. The highest BCUT2D eigenvalue weighted by Gasteiger charge is 2.33. The van der Waals surface area contributed by atoms with E-state index >= 15 is 0 Å². The van der Waals surface area contributed by atoms with E-state index in [4.69, 9.17) is 5.26 Å². The van der Waals surface area contributed by atoms with Crippen molar-refractivity contribution in [2.45, 2.75) is 12.5 Å². The van der Waals surface area contributed by atoms with Crippen LogP contribution in [0.2, 0.25) is 0 Å². The van der Waals surface area contributed by atoms with Crippen LogP contribution >= 0.6 is 0 Å². The molecule has 1 N–H and O–H groups in total. The first-order valence-electron chi connectivity index (χ1n) is 7.53. The van der Waals surface area contributed by atoms with Crippen LogP contribution in [0.5, 0.6) is 0 Å². The van der Waals surface area contributed by atoms with Crippen molar-refractivity contribution in [2.75, 3.05) is 19.7 Å². The lowest BCUT2D eigenvalue weighted by atomic mass is 9.93. The van der Waals surface area contributed by atoms with E-state index in [-0.39, 0.29) is 18.4 Å². The summed E-state index contributed by atoms with van der Waals surface area (Å²) in [6, 6.07) is 15.8. The third-order valence-electron chi connectivity index (χ3n) is 4.28. The predicted molar refractivity (Wildman–Crippen MR) is 84.0 cm³/mol. The molecule has 3 rings (SSSR count). The molecule has 0 amide bonds. The van der Waals surface area contributed by atoms with Crippen LogP contribution in [0, 0.1) is 17.2 Å². The van der Waals surface area contributed by atoms with E-state index in [1.165, 1.54) is 0 Å². The van der Waals surface area contributed by atoms with Crippen molar-refractivity contribution >= 4 is 0 Å². The Morgan fingerprint density at radius 1 is 1.23 bits per heavy atom. The normalized spacial score (nSPS) is 21.6. The highest BCUT2D eigenvalue weighted by atomic mass is 16.3. The van der Waals surface area contributed by atoms with E-state index in [1.54, 1.807) is 0 Å². The van der Waals surface area contributed by atoms with E-state index in [1.807, 2.05) is 48.7 Å². The molecule has 1 fully saturated rings. The average Bonchev–Trinajstić information content (AvgIpc) is 2.98. The van der Waals surface area contributed by atoms with Crippen molar-refractivity contribution in [3.8, 4) is 6.07 Å². The molecule has 4 heteroatoms. The molecule has 22 heavy (non-hydrogen) atoms. The minimum atomic E-state index is 0.177. The molecule has 1 aliphatic rings. The second kappa shape index (κ2) is 6.69. The molecule has 2 heterocycles. The Balaban J connectivity index is 1.73. The van der Waals surface area contributed by atoms with Gasteiger partial charge in [-0.1, -0.05) is 18.2 Å². The van der Waals surface area contributed by atoms with Crippen LogP contribution in [-0.2, 0) is 6.54 Å². The maximum absolute atomic E-state index is 9.67. The number of benzene rings is 1. The summed E-state index contributed by atoms with van der Waals surface area (Å²) >= 11 is 0. The second-order valence-corrected chi connectivity index (χ2v) is 5.81. The van der Waals surface area contributed by atoms with Crippen LogP contribution in [0.3, 0.4) is 0 Å². The fourth-order valence-corrected chi connectivity index (χ4v) is 3.20. The molecule has 0 aliphatic carbocycles. The van der Waals surface area contributed by atoms with Crippen molar-refractivity contribution < 1.29 is 5.11 Å². The number of hydrogen-bond acceptors (Lipinski definition) is 4. The van der Waals surface area contributed by atoms with E-state index in [2.05, 4.69) is 16.0 Å². The molecule has 112 valence electrons. The third-order valence-corrected chi connectivity index (χ3v) is 4.28. The van der Waals surface area contributed by atoms with Crippen molar-refractivity contribution in [3.63, 3.8) is 0 Å². The lowest BCUT2D eigenvalue weighted by molar-refractivity contribution is 0.213. The number of rotatable bonds is 4. The van der Waals surface area contributed by atoms with Crippen LogP contribution in [0.1, 0.15) is 22.7 Å². The van der Waals surface area contributed by atoms with Gasteiger partial charge >= 0.3 is 0 Å². The largest absolute Gasteiger partial charge is 0.396 e.